The van der Waals surface area contributed by atoms with Gasteiger partial charge in [0.1, 0.15) is 12.1 Å². The molecule has 17 heavy (non-hydrogen) atoms. The number of oxazole rings is 1. The third kappa shape index (κ3) is 2.62. The number of hydrogen-bond donors (Lipinski definition) is 1. The van der Waals surface area contributed by atoms with E-state index >= 15 is 0 Å². The Labute approximate surface area is 98.9 Å². The Hall–Kier alpha value is -1.88. The van der Waals surface area contributed by atoms with E-state index in [-0.39, 0.29) is 5.82 Å². The lowest BCUT2D eigenvalue weighted by Crippen LogP contribution is -2.17. The first-order valence-electron chi connectivity index (χ1n) is 5.29. The van der Waals surface area contributed by atoms with Crippen LogP contribution in [0.1, 0.15) is 11.3 Å². The molecule has 0 saturated carbocycles. The van der Waals surface area contributed by atoms with Gasteiger partial charge in [-0.05, 0) is 6.07 Å². The number of halogens is 1. The summed E-state index contributed by atoms with van der Waals surface area (Å²) in [5.74, 6) is -0.232. The fourth-order valence-corrected chi connectivity index (χ4v) is 1.52. The summed E-state index contributed by atoms with van der Waals surface area (Å²) in [7, 11) is 1.79. The molecule has 2 aromatic rings. The molecule has 4 nitrogen and oxygen atoms in total. The van der Waals surface area contributed by atoms with E-state index in [0.29, 0.717) is 30.4 Å². The van der Waals surface area contributed by atoms with Crippen LogP contribution in [0.3, 0.4) is 0 Å². The summed E-state index contributed by atoms with van der Waals surface area (Å²) < 4.78 is 18.7. The average Bonchev–Trinajstić information content (AvgIpc) is 2.81. The van der Waals surface area contributed by atoms with Crippen molar-refractivity contribution in [3.8, 4) is 0 Å². The zero-order chi connectivity index (χ0) is 12.3. The molecule has 0 fully saturated rings. The largest absolute Gasteiger partial charge is 0.432 e. The average molecular weight is 235 g/mol. The van der Waals surface area contributed by atoms with E-state index in [4.69, 9.17) is 10.2 Å². The van der Waals surface area contributed by atoms with Crippen molar-refractivity contribution in [3.63, 3.8) is 0 Å². The maximum absolute atomic E-state index is 13.4. The molecule has 0 atom stereocenters. The highest BCUT2D eigenvalue weighted by Gasteiger charge is 2.10. The van der Waals surface area contributed by atoms with Crippen molar-refractivity contribution in [2.75, 3.05) is 11.9 Å². The fraction of sp³-hybridized carbons (Fsp3) is 0.250. The van der Waals surface area contributed by atoms with E-state index in [0.717, 1.165) is 0 Å². The van der Waals surface area contributed by atoms with E-state index in [9.17, 15) is 4.39 Å². The van der Waals surface area contributed by atoms with Gasteiger partial charge in [-0.3, -0.25) is 0 Å². The Morgan fingerprint density at radius 1 is 1.41 bits per heavy atom. The fourth-order valence-electron chi connectivity index (χ4n) is 1.52. The Morgan fingerprint density at radius 2 is 2.18 bits per heavy atom. The van der Waals surface area contributed by atoms with Crippen LogP contribution < -0.4 is 10.6 Å². The van der Waals surface area contributed by atoms with Crippen LogP contribution >= 0.6 is 0 Å². The van der Waals surface area contributed by atoms with Crippen molar-refractivity contribution in [1.29, 1.82) is 0 Å². The maximum Gasteiger partial charge on any atom is 0.297 e. The quantitative estimate of drug-likeness (QED) is 0.879. The molecular weight excluding hydrogens is 221 g/mol. The van der Waals surface area contributed by atoms with Crippen LogP contribution in [-0.4, -0.2) is 12.0 Å². The van der Waals surface area contributed by atoms with Crippen molar-refractivity contribution < 1.29 is 8.81 Å². The molecule has 1 aromatic carbocycles. The summed E-state index contributed by atoms with van der Waals surface area (Å²) >= 11 is 0. The first-order valence-corrected chi connectivity index (χ1v) is 5.29. The van der Waals surface area contributed by atoms with E-state index in [1.807, 2.05) is 0 Å². The molecule has 0 aliphatic carbocycles. The zero-order valence-corrected chi connectivity index (χ0v) is 9.56. The van der Waals surface area contributed by atoms with Crippen LogP contribution in [0, 0.1) is 5.82 Å². The van der Waals surface area contributed by atoms with Crippen molar-refractivity contribution in [1.82, 2.24) is 4.98 Å². The molecule has 5 heteroatoms. The van der Waals surface area contributed by atoms with Crippen LogP contribution in [0.15, 0.2) is 34.9 Å². The number of nitrogens with zero attached hydrogens (tertiary/aromatic N) is 2. The second-order valence-corrected chi connectivity index (χ2v) is 3.77. The van der Waals surface area contributed by atoms with Gasteiger partial charge >= 0.3 is 0 Å². The second-order valence-electron chi connectivity index (χ2n) is 3.77. The van der Waals surface area contributed by atoms with Gasteiger partial charge in [-0.1, -0.05) is 18.2 Å². The first kappa shape index (κ1) is 11.6. The van der Waals surface area contributed by atoms with Crippen LogP contribution in [-0.2, 0) is 13.1 Å². The first-order chi connectivity index (χ1) is 8.20. The van der Waals surface area contributed by atoms with Crippen LogP contribution in [0.25, 0.3) is 0 Å². The minimum Gasteiger partial charge on any atom is -0.432 e. The molecular formula is C12H14FN3O. The lowest BCUT2D eigenvalue weighted by atomic mass is 10.2. The molecule has 90 valence electrons. The van der Waals surface area contributed by atoms with Gasteiger partial charge in [-0.15, -0.1) is 0 Å². The Morgan fingerprint density at radius 3 is 2.82 bits per heavy atom. The summed E-state index contributed by atoms with van der Waals surface area (Å²) in [4.78, 5) is 5.90. The Bertz CT molecular complexity index is 498. The molecule has 0 radical (unpaired) electrons. The summed E-state index contributed by atoms with van der Waals surface area (Å²) in [6.07, 6.45) is 1.51. The molecule has 0 unspecified atom stereocenters. The molecule has 2 rings (SSSR count). The van der Waals surface area contributed by atoms with Gasteiger partial charge in [0, 0.05) is 25.7 Å². The minimum atomic E-state index is -0.232. The van der Waals surface area contributed by atoms with Crippen molar-refractivity contribution in [2.45, 2.75) is 13.1 Å². The SMILES string of the molecule is CN(Cc1ccccc1F)c1nc(CN)co1. The second kappa shape index (κ2) is 4.97. The van der Waals surface area contributed by atoms with Crippen LogP contribution in [0.4, 0.5) is 10.4 Å². The number of nitrogens with two attached hydrogens (primary N) is 1. The zero-order valence-electron chi connectivity index (χ0n) is 9.56. The van der Waals surface area contributed by atoms with Crippen molar-refractivity contribution in [2.24, 2.45) is 5.73 Å². The Kier molecular flexibility index (Phi) is 3.39. The summed E-state index contributed by atoms with van der Waals surface area (Å²) in [5, 5.41) is 0. The van der Waals surface area contributed by atoms with Gasteiger partial charge in [0.2, 0.25) is 0 Å². The summed E-state index contributed by atoms with van der Waals surface area (Å²) in [6.45, 7) is 0.730. The van der Waals surface area contributed by atoms with Gasteiger partial charge in [0.25, 0.3) is 6.01 Å². The smallest absolute Gasteiger partial charge is 0.297 e. The maximum atomic E-state index is 13.4. The molecule has 0 aliphatic rings. The monoisotopic (exact) mass is 235 g/mol. The van der Waals surface area contributed by atoms with Crippen molar-refractivity contribution >= 4 is 6.01 Å². The molecule has 0 amide bonds. The number of rotatable bonds is 4. The van der Waals surface area contributed by atoms with Gasteiger partial charge in [-0.25, -0.2) is 4.39 Å². The van der Waals surface area contributed by atoms with Gasteiger partial charge in [-0.2, -0.15) is 4.98 Å². The summed E-state index contributed by atoms with van der Waals surface area (Å²) in [5.41, 5.74) is 6.72. The molecule has 0 bridgehead atoms. The predicted octanol–water partition coefficient (Wildman–Crippen LogP) is 1.91. The van der Waals surface area contributed by atoms with Crippen LogP contribution in [0.5, 0.6) is 0 Å². The molecule has 1 aromatic heterocycles. The lowest BCUT2D eigenvalue weighted by molar-refractivity contribution is 0.538. The third-order valence-electron chi connectivity index (χ3n) is 2.44. The highest BCUT2D eigenvalue weighted by Crippen LogP contribution is 2.16. The third-order valence-corrected chi connectivity index (χ3v) is 2.44. The normalized spacial score (nSPS) is 10.5. The standard InChI is InChI=1S/C12H14FN3O/c1-16(12-15-10(6-14)8-17-12)7-9-4-2-3-5-11(9)13/h2-5,8H,6-7,14H2,1H3. The molecule has 2 N–H and O–H groups in total. The predicted molar refractivity (Wildman–Crippen MR) is 62.9 cm³/mol. The number of benzene rings is 1. The number of hydrogen-bond acceptors (Lipinski definition) is 4. The van der Waals surface area contributed by atoms with E-state index < -0.39 is 0 Å². The van der Waals surface area contributed by atoms with Crippen molar-refractivity contribution in [3.05, 3.63) is 47.6 Å². The molecule has 0 aliphatic heterocycles. The van der Waals surface area contributed by atoms with E-state index in [2.05, 4.69) is 4.98 Å². The van der Waals surface area contributed by atoms with E-state index in [1.165, 1.54) is 12.3 Å². The van der Waals surface area contributed by atoms with E-state index in [1.54, 1.807) is 30.1 Å². The van der Waals surface area contributed by atoms with Gasteiger partial charge in [0.05, 0.1) is 5.69 Å². The highest BCUT2D eigenvalue weighted by atomic mass is 19.1. The summed E-state index contributed by atoms with van der Waals surface area (Å²) in [6, 6.07) is 7.07. The van der Waals surface area contributed by atoms with Gasteiger partial charge in [0.15, 0.2) is 0 Å². The number of anilines is 1. The van der Waals surface area contributed by atoms with Gasteiger partial charge < -0.3 is 15.1 Å². The van der Waals surface area contributed by atoms with Crippen LogP contribution in [0.2, 0.25) is 0 Å². The Balaban J connectivity index is 2.11. The number of aromatic nitrogens is 1. The topological polar surface area (TPSA) is 55.3 Å². The highest BCUT2D eigenvalue weighted by molar-refractivity contribution is 5.29. The lowest BCUT2D eigenvalue weighted by Gasteiger charge is -2.14. The molecule has 0 spiro atoms. The molecule has 1 heterocycles. The minimum absolute atomic E-state index is 0.232. The molecule has 0 saturated heterocycles.